The van der Waals surface area contributed by atoms with Gasteiger partial charge >= 0.3 is 5.69 Å². The number of rotatable bonds is 10. The molecule has 0 bridgehead atoms. The number of hydrogen-bond donors (Lipinski definition) is 1. The first kappa shape index (κ1) is 31.7. The summed E-state index contributed by atoms with van der Waals surface area (Å²) < 4.78 is 46.3. The van der Waals surface area contributed by atoms with E-state index in [1.165, 1.54) is 41.9 Å². The van der Waals surface area contributed by atoms with Crippen molar-refractivity contribution in [2.75, 3.05) is 7.05 Å². The predicted molar refractivity (Wildman–Crippen MR) is 174 cm³/mol. The van der Waals surface area contributed by atoms with Gasteiger partial charge in [-0.15, -0.1) is 0 Å². The summed E-state index contributed by atoms with van der Waals surface area (Å²) in [5.41, 5.74) is 3.58. The Kier molecular flexibility index (Phi) is 9.19. The minimum absolute atomic E-state index is 0.0531. The first-order valence-electron chi connectivity index (χ1n) is 15.6. The van der Waals surface area contributed by atoms with Gasteiger partial charge in [0.1, 0.15) is 17.5 Å². The van der Waals surface area contributed by atoms with Crippen LogP contribution in [0.2, 0.25) is 0 Å². The van der Waals surface area contributed by atoms with E-state index in [0.717, 1.165) is 43.0 Å². The number of carbonyl (C=O) groups excluding carboxylic acids is 2. The number of Topliss-reactive ketones (excluding diaryl/α,β-unsaturated/α-hetero) is 1. The molecule has 7 nitrogen and oxygen atoms in total. The van der Waals surface area contributed by atoms with Crippen molar-refractivity contribution < 1.29 is 22.8 Å². The van der Waals surface area contributed by atoms with Crippen LogP contribution >= 0.6 is 0 Å². The number of aromatic nitrogens is 3. The number of ketones is 1. The second kappa shape index (κ2) is 13.6. The number of benzene rings is 3. The van der Waals surface area contributed by atoms with E-state index < -0.39 is 29.3 Å². The quantitative estimate of drug-likeness (QED) is 0.178. The predicted octanol–water partition coefficient (Wildman–Crippen LogP) is 7.04. The Morgan fingerprint density at radius 2 is 1.70 bits per heavy atom. The van der Waals surface area contributed by atoms with E-state index in [0.29, 0.717) is 27.9 Å². The smallest absolute Gasteiger partial charge is 0.333 e. The average Bonchev–Trinajstić information content (AvgIpc) is 3.34. The third kappa shape index (κ3) is 6.67. The molecule has 10 heteroatoms. The molecular weight excluding hydrogens is 605 g/mol. The van der Waals surface area contributed by atoms with E-state index in [1.807, 2.05) is 24.3 Å². The van der Waals surface area contributed by atoms with Crippen LogP contribution in [0.3, 0.4) is 0 Å². The molecule has 6 rings (SSSR count). The van der Waals surface area contributed by atoms with E-state index in [1.54, 1.807) is 22.9 Å². The summed E-state index contributed by atoms with van der Waals surface area (Å²) >= 11 is 0. The van der Waals surface area contributed by atoms with Crippen molar-refractivity contribution in [3.63, 3.8) is 0 Å². The molecule has 1 amide bonds. The second-order valence-electron chi connectivity index (χ2n) is 11.8. The highest BCUT2D eigenvalue weighted by atomic mass is 19.1. The number of para-hydroxylation sites is 2. The second-order valence-corrected chi connectivity index (χ2v) is 11.8. The molecule has 5 aromatic rings. The van der Waals surface area contributed by atoms with Gasteiger partial charge in [-0.05, 0) is 85.7 Å². The Labute approximate surface area is 269 Å². The highest BCUT2D eigenvalue weighted by Crippen LogP contribution is 2.34. The number of halogens is 3. The Bertz CT molecular complexity index is 2060. The maximum absolute atomic E-state index is 14.6. The van der Waals surface area contributed by atoms with Crippen LogP contribution in [-0.4, -0.2) is 32.9 Å². The molecular formula is C37H33F3N4O3. The molecule has 1 atom stereocenters. The summed E-state index contributed by atoms with van der Waals surface area (Å²) in [5, 5.41) is 2.43. The van der Waals surface area contributed by atoms with Gasteiger partial charge in [0, 0.05) is 42.9 Å². The first-order chi connectivity index (χ1) is 22.7. The highest BCUT2D eigenvalue weighted by Gasteiger charge is 2.25. The van der Waals surface area contributed by atoms with Gasteiger partial charge in [-0.25, -0.2) is 18.0 Å². The Hall–Kier alpha value is -5.25. The van der Waals surface area contributed by atoms with E-state index >= 15 is 0 Å². The molecule has 0 saturated carbocycles. The van der Waals surface area contributed by atoms with Crippen LogP contribution in [-0.2, 0) is 17.8 Å². The number of carbonyl (C=O) groups is 2. The van der Waals surface area contributed by atoms with E-state index in [2.05, 4.69) is 16.4 Å². The molecule has 240 valence electrons. The largest absolute Gasteiger partial charge is 0.355 e. The number of allylic oxidation sites excluding steroid dienone is 2. The minimum atomic E-state index is -0.753. The van der Waals surface area contributed by atoms with Crippen molar-refractivity contribution in [2.45, 2.75) is 51.0 Å². The molecule has 0 unspecified atom stereocenters. The van der Waals surface area contributed by atoms with Gasteiger partial charge in [-0.2, -0.15) is 0 Å². The number of amides is 1. The van der Waals surface area contributed by atoms with Gasteiger partial charge < -0.3 is 5.32 Å². The molecule has 3 aromatic carbocycles. The normalized spacial score (nSPS) is 13.7. The van der Waals surface area contributed by atoms with Crippen LogP contribution in [0.4, 0.5) is 13.2 Å². The van der Waals surface area contributed by atoms with Crippen molar-refractivity contribution in [3.8, 4) is 11.1 Å². The standard InChI is InChI=1S/C37H33F3N4O3/c1-41-36(46)31-20-24(13-14-32(31)40)30-10-7-15-42-35(30)25(16-23-17-26(38)21-27(39)18-23)19-29(45)22-43-33-11-5-6-12-34(33)44(37(43)47)28-8-3-2-4-9-28/h5-8,10-15,17-18,20-21,25H,2-4,9,16,19,22H2,1H3,(H,41,46)/t25-/m1/s1. The molecule has 1 N–H and O–H groups in total. The van der Waals surface area contributed by atoms with Crippen molar-refractivity contribution >= 4 is 28.4 Å². The van der Waals surface area contributed by atoms with E-state index in [9.17, 15) is 27.6 Å². The molecule has 47 heavy (non-hydrogen) atoms. The van der Waals surface area contributed by atoms with Crippen molar-refractivity contribution in [1.82, 2.24) is 19.4 Å². The average molecular weight is 639 g/mol. The fourth-order valence-electron chi connectivity index (χ4n) is 6.45. The van der Waals surface area contributed by atoms with Gasteiger partial charge in [0.05, 0.1) is 28.8 Å². The number of imidazole rings is 1. The monoisotopic (exact) mass is 638 g/mol. The molecule has 0 aliphatic heterocycles. The Balaban J connectivity index is 1.39. The number of fused-ring (bicyclic) bond motifs is 1. The van der Waals surface area contributed by atoms with Crippen molar-refractivity contribution in [3.05, 3.63) is 130 Å². The van der Waals surface area contributed by atoms with Crippen LogP contribution in [0.1, 0.15) is 59.6 Å². The summed E-state index contributed by atoms with van der Waals surface area (Å²) in [5.74, 6) is -3.78. The number of hydrogen-bond acceptors (Lipinski definition) is 4. The molecule has 2 aromatic heterocycles. The summed E-state index contributed by atoms with van der Waals surface area (Å²) in [7, 11) is 1.40. The van der Waals surface area contributed by atoms with Gasteiger partial charge in [0.2, 0.25) is 0 Å². The first-order valence-corrected chi connectivity index (χ1v) is 15.6. The SMILES string of the molecule is CNC(=O)c1cc(-c2cccnc2[C@@H](CC(=O)Cn2c(=O)n(C3=CCCCC3)c3ccccc32)Cc2cc(F)cc(F)c2)ccc1F. The third-order valence-corrected chi connectivity index (χ3v) is 8.58. The van der Waals surface area contributed by atoms with Crippen LogP contribution in [0.15, 0.2) is 89.9 Å². The topological polar surface area (TPSA) is 86.0 Å². The summed E-state index contributed by atoms with van der Waals surface area (Å²) in [6, 6.07) is 18.1. The summed E-state index contributed by atoms with van der Waals surface area (Å²) in [6.07, 6.45) is 7.25. The van der Waals surface area contributed by atoms with Crippen LogP contribution in [0.5, 0.6) is 0 Å². The lowest BCUT2D eigenvalue weighted by molar-refractivity contribution is -0.120. The third-order valence-electron chi connectivity index (χ3n) is 8.58. The van der Waals surface area contributed by atoms with Gasteiger partial charge in [-0.3, -0.25) is 23.7 Å². The lowest BCUT2D eigenvalue weighted by Crippen LogP contribution is -2.28. The molecule has 1 aliphatic rings. The van der Waals surface area contributed by atoms with E-state index in [-0.39, 0.29) is 36.4 Å². The lowest BCUT2D eigenvalue weighted by atomic mass is 9.86. The van der Waals surface area contributed by atoms with Gasteiger partial charge in [0.25, 0.3) is 5.91 Å². The number of nitrogens with one attached hydrogen (secondary N) is 1. The van der Waals surface area contributed by atoms with Crippen molar-refractivity contribution in [1.29, 1.82) is 0 Å². The zero-order valence-corrected chi connectivity index (χ0v) is 25.8. The molecule has 1 aliphatic carbocycles. The van der Waals surface area contributed by atoms with Crippen LogP contribution < -0.4 is 11.0 Å². The maximum atomic E-state index is 14.6. The van der Waals surface area contributed by atoms with Crippen molar-refractivity contribution in [2.24, 2.45) is 0 Å². The van der Waals surface area contributed by atoms with E-state index in [4.69, 9.17) is 0 Å². The Morgan fingerprint density at radius 3 is 2.43 bits per heavy atom. The fraction of sp³-hybridized carbons (Fsp3) is 0.243. The fourth-order valence-corrected chi connectivity index (χ4v) is 6.45. The van der Waals surface area contributed by atoms with Crippen LogP contribution in [0, 0.1) is 17.5 Å². The highest BCUT2D eigenvalue weighted by molar-refractivity contribution is 5.95. The van der Waals surface area contributed by atoms with Gasteiger partial charge in [-0.1, -0.05) is 30.3 Å². The maximum Gasteiger partial charge on any atom is 0.333 e. The molecule has 0 radical (unpaired) electrons. The molecule has 2 heterocycles. The zero-order valence-electron chi connectivity index (χ0n) is 25.8. The molecule has 0 fully saturated rings. The minimum Gasteiger partial charge on any atom is -0.355 e. The zero-order chi connectivity index (χ0) is 33.1. The molecule has 0 spiro atoms. The Morgan fingerprint density at radius 1 is 0.936 bits per heavy atom. The number of pyridine rings is 1. The van der Waals surface area contributed by atoms with Crippen LogP contribution in [0.25, 0.3) is 27.9 Å². The molecule has 0 saturated heterocycles. The summed E-state index contributed by atoms with van der Waals surface area (Å²) in [6.45, 7) is -0.215. The van der Waals surface area contributed by atoms with Gasteiger partial charge in [0.15, 0.2) is 5.78 Å². The summed E-state index contributed by atoms with van der Waals surface area (Å²) in [4.78, 5) is 44.7. The number of nitrogens with zero attached hydrogens (tertiary/aromatic N) is 3. The lowest BCUT2D eigenvalue weighted by Gasteiger charge is -2.20.